The number of aromatic nitrogens is 1. The summed E-state index contributed by atoms with van der Waals surface area (Å²) in [5, 5.41) is 0. The second-order valence-corrected chi connectivity index (χ2v) is 4.27. The normalized spacial score (nSPS) is 12.5. The van der Waals surface area contributed by atoms with E-state index in [0.29, 0.717) is 0 Å². The fourth-order valence-electron chi connectivity index (χ4n) is 1.95. The Morgan fingerprint density at radius 2 is 1.72 bits per heavy atom. The van der Waals surface area contributed by atoms with Gasteiger partial charge in [-0.1, -0.05) is 12.1 Å². The molecular weight excluding hydrogens is 234 g/mol. The molecule has 2 rings (SSSR count). The predicted molar refractivity (Wildman–Crippen MR) is 66.1 cm³/mol. The average Bonchev–Trinajstić information content (AvgIpc) is 2.28. The van der Waals surface area contributed by atoms with Crippen molar-refractivity contribution in [2.24, 2.45) is 5.73 Å². The number of halogens is 2. The lowest BCUT2D eigenvalue weighted by atomic mass is 9.98. The summed E-state index contributed by atoms with van der Waals surface area (Å²) in [6.07, 6.45) is 0. The van der Waals surface area contributed by atoms with Crippen LogP contribution >= 0.6 is 0 Å². The van der Waals surface area contributed by atoms with E-state index >= 15 is 0 Å². The minimum atomic E-state index is -0.640. The van der Waals surface area contributed by atoms with Crippen molar-refractivity contribution in [1.82, 2.24) is 4.98 Å². The maximum Gasteiger partial charge on any atom is 0.131 e. The van der Waals surface area contributed by atoms with E-state index in [0.717, 1.165) is 23.0 Å². The summed E-state index contributed by atoms with van der Waals surface area (Å²) < 4.78 is 26.5. The predicted octanol–water partition coefficient (Wildman–Crippen LogP) is 3.02. The Bertz CT molecular complexity index is 531. The standard InChI is InChI=1S/C14H14F2N2/c1-8-3-5-11(9(2)18-8)14(17)12-6-4-10(15)7-13(12)16/h3-7,14H,17H2,1-2H3. The Labute approximate surface area is 104 Å². The zero-order valence-electron chi connectivity index (χ0n) is 10.2. The van der Waals surface area contributed by atoms with Gasteiger partial charge in [0.1, 0.15) is 11.6 Å². The number of nitrogens with zero attached hydrogens (tertiary/aromatic N) is 1. The maximum atomic E-state index is 13.7. The number of hydrogen-bond acceptors (Lipinski definition) is 2. The Morgan fingerprint density at radius 1 is 1.06 bits per heavy atom. The monoisotopic (exact) mass is 248 g/mol. The Hall–Kier alpha value is -1.81. The summed E-state index contributed by atoms with van der Waals surface area (Å²) in [4.78, 5) is 4.29. The van der Waals surface area contributed by atoms with E-state index in [1.165, 1.54) is 12.1 Å². The molecule has 0 saturated carbocycles. The van der Waals surface area contributed by atoms with Crippen molar-refractivity contribution in [1.29, 1.82) is 0 Å². The van der Waals surface area contributed by atoms with Gasteiger partial charge in [-0.2, -0.15) is 0 Å². The van der Waals surface area contributed by atoms with E-state index in [2.05, 4.69) is 4.98 Å². The number of aryl methyl sites for hydroxylation is 2. The van der Waals surface area contributed by atoms with Crippen molar-refractivity contribution in [3.63, 3.8) is 0 Å². The first-order valence-corrected chi connectivity index (χ1v) is 5.63. The minimum Gasteiger partial charge on any atom is -0.320 e. The molecule has 0 spiro atoms. The number of pyridine rings is 1. The molecule has 0 fully saturated rings. The van der Waals surface area contributed by atoms with Crippen molar-refractivity contribution in [2.75, 3.05) is 0 Å². The van der Waals surface area contributed by atoms with Gasteiger partial charge in [0.2, 0.25) is 0 Å². The lowest BCUT2D eigenvalue weighted by Gasteiger charge is -2.15. The molecule has 2 aromatic rings. The van der Waals surface area contributed by atoms with E-state index in [4.69, 9.17) is 5.73 Å². The second-order valence-electron chi connectivity index (χ2n) is 4.27. The van der Waals surface area contributed by atoms with Crippen LogP contribution < -0.4 is 5.73 Å². The molecule has 0 saturated heterocycles. The van der Waals surface area contributed by atoms with Crippen LogP contribution in [0.2, 0.25) is 0 Å². The molecule has 0 radical (unpaired) electrons. The second kappa shape index (κ2) is 4.82. The molecule has 1 heterocycles. The molecule has 2 N–H and O–H groups in total. The molecule has 0 aliphatic rings. The number of benzene rings is 1. The highest BCUT2D eigenvalue weighted by Gasteiger charge is 2.16. The topological polar surface area (TPSA) is 38.9 Å². The van der Waals surface area contributed by atoms with Crippen LogP contribution in [0.5, 0.6) is 0 Å². The summed E-state index contributed by atoms with van der Waals surface area (Å²) in [5.74, 6) is -1.25. The summed E-state index contributed by atoms with van der Waals surface area (Å²) >= 11 is 0. The van der Waals surface area contributed by atoms with E-state index in [1.54, 1.807) is 0 Å². The van der Waals surface area contributed by atoms with Gasteiger partial charge in [0.15, 0.2) is 0 Å². The van der Waals surface area contributed by atoms with Gasteiger partial charge >= 0.3 is 0 Å². The van der Waals surface area contributed by atoms with Gasteiger partial charge < -0.3 is 5.73 Å². The summed E-state index contributed by atoms with van der Waals surface area (Å²) in [6, 6.07) is 6.42. The van der Waals surface area contributed by atoms with Crippen molar-refractivity contribution < 1.29 is 8.78 Å². The first kappa shape index (κ1) is 12.6. The SMILES string of the molecule is Cc1ccc(C(N)c2ccc(F)cc2F)c(C)n1. The first-order valence-electron chi connectivity index (χ1n) is 5.63. The zero-order chi connectivity index (χ0) is 13.3. The van der Waals surface area contributed by atoms with Gasteiger partial charge in [-0.3, -0.25) is 4.98 Å². The van der Waals surface area contributed by atoms with Gasteiger partial charge in [0.25, 0.3) is 0 Å². The molecular formula is C14H14F2N2. The Balaban J connectivity index is 2.44. The summed E-state index contributed by atoms with van der Waals surface area (Å²) in [5.41, 5.74) is 8.66. The van der Waals surface area contributed by atoms with Crippen molar-refractivity contribution in [3.8, 4) is 0 Å². The largest absolute Gasteiger partial charge is 0.320 e. The molecule has 1 aromatic carbocycles. The highest BCUT2D eigenvalue weighted by molar-refractivity contribution is 5.35. The molecule has 1 atom stereocenters. The number of hydrogen-bond donors (Lipinski definition) is 1. The molecule has 2 nitrogen and oxygen atoms in total. The number of rotatable bonds is 2. The fourth-order valence-corrected chi connectivity index (χ4v) is 1.95. The molecule has 1 aromatic heterocycles. The lowest BCUT2D eigenvalue weighted by molar-refractivity contribution is 0.565. The highest BCUT2D eigenvalue weighted by Crippen LogP contribution is 2.24. The van der Waals surface area contributed by atoms with Crippen molar-refractivity contribution >= 4 is 0 Å². The van der Waals surface area contributed by atoms with Crippen LogP contribution in [0.15, 0.2) is 30.3 Å². The molecule has 94 valence electrons. The molecule has 4 heteroatoms. The van der Waals surface area contributed by atoms with Gasteiger partial charge in [-0.15, -0.1) is 0 Å². The Morgan fingerprint density at radius 3 is 2.33 bits per heavy atom. The van der Waals surface area contributed by atoms with E-state index < -0.39 is 17.7 Å². The number of nitrogens with two attached hydrogens (primary N) is 1. The summed E-state index contributed by atoms with van der Waals surface area (Å²) in [6.45, 7) is 3.70. The molecule has 0 aliphatic heterocycles. The molecule has 1 unspecified atom stereocenters. The van der Waals surface area contributed by atoms with Crippen LogP contribution in [0.1, 0.15) is 28.6 Å². The van der Waals surface area contributed by atoms with Gasteiger partial charge in [0, 0.05) is 23.0 Å². The first-order chi connectivity index (χ1) is 8.49. The molecule has 18 heavy (non-hydrogen) atoms. The quantitative estimate of drug-likeness (QED) is 0.887. The van der Waals surface area contributed by atoms with E-state index in [1.807, 2.05) is 26.0 Å². The van der Waals surface area contributed by atoms with Crippen LogP contribution in [-0.2, 0) is 0 Å². The van der Waals surface area contributed by atoms with Crippen LogP contribution in [0.4, 0.5) is 8.78 Å². The van der Waals surface area contributed by atoms with E-state index in [-0.39, 0.29) is 5.56 Å². The van der Waals surface area contributed by atoms with Crippen LogP contribution in [-0.4, -0.2) is 4.98 Å². The van der Waals surface area contributed by atoms with Gasteiger partial charge in [0.05, 0.1) is 6.04 Å². The van der Waals surface area contributed by atoms with Crippen molar-refractivity contribution in [2.45, 2.75) is 19.9 Å². The summed E-state index contributed by atoms with van der Waals surface area (Å²) in [7, 11) is 0. The highest BCUT2D eigenvalue weighted by atomic mass is 19.1. The third-order valence-corrected chi connectivity index (χ3v) is 2.90. The molecule has 0 aliphatic carbocycles. The Kier molecular flexibility index (Phi) is 3.39. The maximum absolute atomic E-state index is 13.7. The smallest absolute Gasteiger partial charge is 0.131 e. The van der Waals surface area contributed by atoms with Crippen LogP contribution in [0.3, 0.4) is 0 Å². The van der Waals surface area contributed by atoms with Crippen LogP contribution in [0.25, 0.3) is 0 Å². The third kappa shape index (κ3) is 2.38. The minimum absolute atomic E-state index is 0.269. The van der Waals surface area contributed by atoms with Crippen LogP contribution in [0, 0.1) is 25.5 Å². The fraction of sp³-hybridized carbons (Fsp3) is 0.214. The van der Waals surface area contributed by atoms with Gasteiger partial charge in [-0.25, -0.2) is 8.78 Å². The third-order valence-electron chi connectivity index (χ3n) is 2.90. The lowest BCUT2D eigenvalue weighted by Crippen LogP contribution is -2.16. The van der Waals surface area contributed by atoms with E-state index in [9.17, 15) is 8.78 Å². The zero-order valence-corrected chi connectivity index (χ0v) is 10.2. The van der Waals surface area contributed by atoms with Gasteiger partial charge in [-0.05, 0) is 31.5 Å². The average molecular weight is 248 g/mol. The molecule has 0 amide bonds. The molecule has 0 bridgehead atoms. The van der Waals surface area contributed by atoms with Crippen molar-refractivity contribution in [3.05, 3.63) is 64.5 Å².